The van der Waals surface area contributed by atoms with E-state index >= 15 is 0 Å². The van der Waals surface area contributed by atoms with Crippen molar-refractivity contribution < 1.29 is 27.5 Å². The molecule has 0 aliphatic carbocycles. The summed E-state index contributed by atoms with van der Waals surface area (Å²) in [7, 11) is 1.10. The first-order valence-electron chi connectivity index (χ1n) is 4.35. The fourth-order valence-electron chi connectivity index (χ4n) is 1.30. The standard InChI is InChI=1S/C10H8F3NO3/c1-17-8-3-7(10(11,12)13)5(4-15)2-6(8)9(14)16/h2-4H,1H3,(H2,14,16). The molecular weight excluding hydrogens is 239 g/mol. The van der Waals surface area contributed by atoms with Crippen LogP contribution in [0.15, 0.2) is 12.1 Å². The zero-order valence-electron chi connectivity index (χ0n) is 8.67. The van der Waals surface area contributed by atoms with Crippen LogP contribution in [0, 0.1) is 0 Å². The summed E-state index contributed by atoms with van der Waals surface area (Å²) in [4.78, 5) is 21.5. The van der Waals surface area contributed by atoms with Crippen LogP contribution in [0.5, 0.6) is 5.75 Å². The molecule has 0 aromatic heterocycles. The Morgan fingerprint density at radius 1 is 1.41 bits per heavy atom. The topological polar surface area (TPSA) is 69.4 Å². The lowest BCUT2D eigenvalue weighted by Gasteiger charge is -2.13. The van der Waals surface area contributed by atoms with E-state index in [1.165, 1.54) is 0 Å². The molecule has 0 fully saturated rings. The van der Waals surface area contributed by atoms with Crippen molar-refractivity contribution in [1.82, 2.24) is 0 Å². The van der Waals surface area contributed by atoms with Crippen LogP contribution in [-0.2, 0) is 6.18 Å². The average molecular weight is 247 g/mol. The van der Waals surface area contributed by atoms with Crippen LogP contribution < -0.4 is 10.5 Å². The highest BCUT2D eigenvalue weighted by atomic mass is 19.4. The fraction of sp³-hybridized carbons (Fsp3) is 0.200. The number of ether oxygens (including phenoxy) is 1. The molecule has 0 heterocycles. The first-order chi connectivity index (χ1) is 7.81. The summed E-state index contributed by atoms with van der Waals surface area (Å²) < 4.78 is 42.3. The molecule has 92 valence electrons. The van der Waals surface area contributed by atoms with Crippen molar-refractivity contribution in [2.45, 2.75) is 6.18 Å². The van der Waals surface area contributed by atoms with E-state index in [1.807, 2.05) is 0 Å². The van der Waals surface area contributed by atoms with E-state index in [0.29, 0.717) is 6.07 Å². The van der Waals surface area contributed by atoms with Gasteiger partial charge in [-0.15, -0.1) is 0 Å². The number of hydrogen-bond donors (Lipinski definition) is 1. The van der Waals surface area contributed by atoms with E-state index < -0.39 is 23.2 Å². The Morgan fingerprint density at radius 3 is 2.35 bits per heavy atom. The molecule has 0 saturated heterocycles. The normalized spacial score (nSPS) is 11.1. The summed E-state index contributed by atoms with van der Waals surface area (Å²) in [5.41, 5.74) is 2.85. The molecule has 0 atom stereocenters. The molecular formula is C10H8F3NO3. The molecule has 1 aromatic rings. The lowest BCUT2D eigenvalue weighted by atomic mass is 10.0. The van der Waals surface area contributed by atoms with E-state index in [1.54, 1.807) is 0 Å². The number of rotatable bonds is 3. The summed E-state index contributed by atoms with van der Waals surface area (Å²) in [6.07, 6.45) is -4.70. The first-order valence-corrected chi connectivity index (χ1v) is 4.35. The maximum absolute atomic E-state index is 12.6. The Balaban J connectivity index is 3.54. The molecule has 0 saturated carbocycles. The molecule has 17 heavy (non-hydrogen) atoms. The maximum atomic E-state index is 12.6. The molecule has 7 heteroatoms. The van der Waals surface area contributed by atoms with Gasteiger partial charge in [0.15, 0.2) is 6.29 Å². The van der Waals surface area contributed by atoms with Crippen molar-refractivity contribution in [3.05, 3.63) is 28.8 Å². The number of nitrogens with two attached hydrogens (primary N) is 1. The fourth-order valence-corrected chi connectivity index (χ4v) is 1.30. The van der Waals surface area contributed by atoms with Crippen molar-refractivity contribution in [2.24, 2.45) is 5.73 Å². The minimum Gasteiger partial charge on any atom is -0.496 e. The number of aldehydes is 1. The van der Waals surface area contributed by atoms with Gasteiger partial charge in [0.05, 0.1) is 18.2 Å². The summed E-state index contributed by atoms with van der Waals surface area (Å²) in [5, 5.41) is 0. The highest BCUT2D eigenvalue weighted by Gasteiger charge is 2.35. The Labute approximate surface area is 94.2 Å². The summed E-state index contributed by atoms with van der Waals surface area (Å²) >= 11 is 0. The minimum absolute atomic E-state index is 0.00863. The second-order valence-corrected chi connectivity index (χ2v) is 3.12. The van der Waals surface area contributed by atoms with Crippen molar-refractivity contribution >= 4 is 12.2 Å². The van der Waals surface area contributed by atoms with Gasteiger partial charge in [0.25, 0.3) is 5.91 Å². The number of carbonyl (C=O) groups excluding carboxylic acids is 2. The van der Waals surface area contributed by atoms with Gasteiger partial charge in [-0.2, -0.15) is 13.2 Å². The zero-order valence-corrected chi connectivity index (χ0v) is 8.67. The predicted octanol–water partition coefficient (Wildman–Crippen LogP) is 1.63. The second-order valence-electron chi connectivity index (χ2n) is 3.12. The Bertz CT molecular complexity index is 469. The molecule has 2 N–H and O–H groups in total. The van der Waals surface area contributed by atoms with Crippen LogP contribution in [0.25, 0.3) is 0 Å². The van der Waals surface area contributed by atoms with Gasteiger partial charge < -0.3 is 10.5 Å². The third-order valence-electron chi connectivity index (χ3n) is 2.07. The Hall–Kier alpha value is -2.05. The van der Waals surface area contributed by atoms with E-state index in [0.717, 1.165) is 13.2 Å². The summed E-state index contributed by atoms with van der Waals surface area (Å²) in [5.74, 6) is -1.30. The van der Waals surface area contributed by atoms with Gasteiger partial charge in [-0.1, -0.05) is 0 Å². The van der Waals surface area contributed by atoms with E-state index in [9.17, 15) is 22.8 Å². The number of amides is 1. The number of primary amides is 1. The van der Waals surface area contributed by atoms with Crippen LogP contribution in [0.3, 0.4) is 0 Å². The van der Waals surface area contributed by atoms with Crippen molar-refractivity contribution in [1.29, 1.82) is 0 Å². The molecule has 0 spiro atoms. The largest absolute Gasteiger partial charge is 0.496 e. The van der Waals surface area contributed by atoms with Gasteiger partial charge in [0.2, 0.25) is 0 Å². The van der Waals surface area contributed by atoms with Gasteiger partial charge in [-0.25, -0.2) is 0 Å². The lowest BCUT2D eigenvalue weighted by molar-refractivity contribution is -0.137. The molecule has 0 aliphatic heterocycles. The van der Waals surface area contributed by atoms with Gasteiger partial charge in [-0.3, -0.25) is 9.59 Å². The monoisotopic (exact) mass is 247 g/mol. The lowest BCUT2D eigenvalue weighted by Crippen LogP contribution is -2.16. The summed E-state index contributed by atoms with van der Waals surface area (Å²) in [6.45, 7) is 0. The Kier molecular flexibility index (Phi) is 3.40. The van der Waals surface area contributed by atoms with Crippen LogP contribution >= 0.6 is 0 Å². The SMILES string of the molecule is COc1cc(C(F)(F)F)c(C=O)cc1C(N)=O. The molecule has 4 nitrogen and oxygen atoms in total. The molecule has 1 rings (SSSR count). The third kappa shape index (κ3) is 2.55. The number of carbonyl (C=O) groups is 2. The van der Waals surface area contributed by atoms with Gasteiger partial charge in [-0.05, 0) is 12.1 Å². The Morgan fingerprint density at radius 2 is 2.00 bits per heavy atom. The number of methoxy groups -OCH3 is 1. The quantitative estimate of drug-likeness (QED) is 0.825. The zero-order chi connectivity index (χ0) is 13.2. The van der Waals surface area contributed by atoms with E-state index in [2.05, 4.69) is 4.74 Å². The molecule has 1 amide bonds. The van der Waals surface area contributed by atoms with Crippen LogP contribution in [0.2, 0.25) is 0 Å². The minimum atomic E-state index is -4.71. The number of alkyl halides is 3. The first kappa shape index (κ1) is 13.0. The smallest absolute Gasteiger partial charge is 0.417 e. The molecule has 0 radical (unpaired) electrons. The maximum Gasteiger partial charge on any atom is 0.417 e. The number of hydrogen-bond acceptors (Lipinski definition) is 3. The van der Waals surface area contributed by atoms with E-state index in [4.69, 9.17) is 5.73 Å². The third-order valence-corrected chi connectivity index (χ3v) is 2.07. The average Bonchev–Trinajstić information content (AvgIpc) is 2.25. The van der Waals surface area contributed by atoms with Gasteiger partial charge >= 0.3 is 6.18 Å². The van der Waals surface area contributed by atoms with Crippen LogP contribution in [0.1, 0.15) is 26.3 Å². The molecule has 0 unspecified atom stereocenters. The highest BCUT2D eigenvalue weighted by Crippen LogP contribution is 2.35. The van der Waals surface area contributed by atoms with Crippen molar-refractivity contribution in [2.75, 3.05) is 7.11 Å². The number of benzene rings is 1. The van der Waals surface area contributed by atoms with Gasteiger partial charge in [0.1, 0.15) is 5.75 Å². The van der Waals surface area contributed by atoms with Crippen molar-refractivity contribution in [3.8, 4) is 5.75 Å². The van der Waals surface area contributed by atoms with E-state index in [-0.39, 0.29) is 17.6 Å². The molecule has 1 aromatic carbocycles. The second kappa shape index (κ2) is 4.44. The summed E-state index contributed by atoms with van der Waals surface area (Å²) in [6, 6.07) is 1.33. The number of halogens is 3. The van der Waals surface area contributed by atoms with Crippen LogP contribution in [0.4, 0.5) is 13.2 Å². The predicted molar refractivity (Wildman–Crippen MR) is 51.9 cm³/mol. The van der Waals surface area contributed by atoms with Crippen molar-refractivity contribution in [3.63, 3.8) is 0 Å². The van der Waals surface area contributed by atoms with Crippen LogP contribution in [-0.4, -0.2) is 19.3 Å². The molecule has 0 aliphatic rings. The van der Waals surface area contributed by atoms with Gasteiger partial charge in [0, 0.05) is 5.56 Å². The molecule has 0 bridgehead atoms. The highest BCUT2D eigenvalue weighted by molar-refractivity contribution is 5.97.